The Morgan fingerprint density at radius 2 is 2.06 bits per heavy atom. The van der Waals surface area contributed by atoms with E-state index in [1.54, 1.807) is 6.07 Å². The first kappa shape index (κ1) is 14.8. The Hall–Kier alpha value is -1.28. The third kappa shape index (κ3) is 3.36. The van der Waals surface area contributed by atoms with Gasteiger partial charge in [-0.1, -0.05) is 17.7 Å². The van der Waals surface area contributed by atoms with Gasteiger partial charge in [0.2, 0.25) is 0 Å². The van der Waals surface area contributed by atoms with E-state index in [2.05, 4.69) is 32.3 Å². The van der Waals surface area contributed by atoms with Gasteiger partial charge in [0.05, 0.1) is 10.7 Å². The van der Waals surface area contributed by atoms with Gasteiger partial charge in [0, 0.05) is 17.6 Å². The highest BCUT2D eigenvalue weighted by atomic mass is 35.5. The first-order chi connectivity index (χ1) is 8.27. The number of Topliss-reactive ketones (excluding diaryl/α,β-unsaturated/α-hetero) is 1. The molecule has 2 nitrogen and oxygen atoms in total. The molecule has 0 fully saturated rings. The molecule has 0 amide bonds. The van der Waals surface area contributed by atoms with Crippen molar-refractivity contribution < 1.29 is 4.79 Å². The van der Waals surface area contributed by atoms with Crippen LogP contribution in [0.2, 0.25) is 5.02 Å². The van der Waals surface area contributed by atoms with E-state index in [-0.39, 0.29) is 11.3 Å². The number of rotatable bonds is 4. The summed E-state index contributed by atoms with van der Waals surface area (Å²) in [6.45, 7) is 12.4. The van der Waals surface area contributed by atoms with Crippen LogP contribution in [0.15, 0.2) is 30.9 Å². The van der Waals surface area contributed by atoms with Gasteiger partial charge in [-0.15, -0.1) is 6.58 Å². The number of hydrogen-bond acceptors (Lipinski definition) is 2. The van der Waals surface area contributed by atoms with Gasteiger partial charge in [-0.05, 0) is 45.9 Å². The molecule has 0 aliphatic rings. The molecule has 0 saturated heterocycles. The predicted octanol–water partition coefficient (Wildman–Crippen LogP) is 4.33. The third-order valence-corrected chi connectivity index (χ3v) is 3.07. The Labute approximate surface area is 114 Å². The number of anilines is 1. The van der Waals surface area contributed by atoms with Gasteiger partial charge in [0.25, 0.3) is 0 Å². The van der Waals surface area contributed by atoms with Gasteiger partial charge in [0.1, 0.15) is 0 Å². The fraction of sp³-hybridized carbons (Fsp3) is 0.400. The minimum absolute atomic E-state index is 0.0227. The minimum Gasteiger partial charge on any atom is -0.362 e. The summed E-state index contributed by atoms with van der Waals surface area (Å²) < 4.78 is 0. The van der Waals surface area contributed by atoms with Crippen LogP contribution in [0.1, 0.15) is 38.1 Å². The summed E-state index contributed by atoms with van der Waals surface area (Å²) in [6.07, 6.45) is 1.85. The molecule has 0 spiro atoms. The lowest BCUT2D eigenvalue weighted by Gasteiger charge is -2.37. The van der Waals surface area contributed by atoms with Crippen LogP contribution in [0.3, 0.4) is 0 Å². The molecule has 1 aromatic rings. The second kappa shape index (κ2) is 5.57. The first-order valence-electron chi connectivity index (χ1n) is 5.96. The zero-order chi connectivity index (χ0) is 13.9. The fourth-order valence-electron chi connectivity index (χ4n) is 1.81. The normalized spacial score (nSPS) is 11.2. The molecule has 0 atom stereocenters. The second-order valence-electron chi connectivity index (χ2n) is 5.29. The van der Waals surface area contributed by atoms with Crippen molar-refractivity contribution >= 4 is 23.1 Å². The van der Waals surface area contributed by atoms with E-state index >= 15 is 0 Å². The average Bonchev–Trinajstić information content (AvgIpc) is 2.24. The molecule has 0 aliphatic heterocycles. The van der Waals surface area contributed by atoms with Crippen molar-refractivity contribution in [1.29, 1.82) is 0 Å². The maximum absolute atomic E-state index is 11.3. The Morgan fingerprint density at radius 1 is 1.44 bits per heavy atom. The van der Waals surface area contributed by atoms with Gasteiger partial charge in [0.15, 0.2) is 5.78 Å². The first-order valence-corrected chi connectivity index (χ1v) is 6.34. The lowest BCUT2D eigenvalue weighted by atomic mass is 10.0. The van der Waals surface area contributed by atoms with Crippen LogP contribution in [-0.4, -0.2) is 17.9 Å². The molecule has 0 radical (unpaired) electrons. The van der Waals surface area contributed by atoms with Crippen molar-refractivity contribution in [2.45, 2.75) is 33.2 Å². The van der Waals surface area contributed by atoms with Gasteiger partial charge in [-0.25, -0.2) is 0 Å². The van der Waals surface area contributed by atoms with Crippen molar-refractivity contribution in [2.75, 3.05) is 11.4 Å². The highest BCUT2D eigenvalue weighted by Crippen LogP contribution is 2.31. The zero-order valence-electron chi connectivity index (χ0n) is 11.5. The van der Waals surface area contributed by atoms with Crippen LogP contribution in [0.5, 0.6) is 0 Å². The molecule has 0 unspecified atom stereocenters. The summed E-state index contributed by atoms with van der Waals surface area (Å²) in [5.41, 5.74) is 1.50. The van der Waals surface area contributed by atoms with Crippen LogP contribution >= 0.6 is 11.6 Å². The number of hydrogen-bond donors (Lipinski definition) is 0. The molecule has 1 rings (SSSR count). The molecule has 3 heteroatoms. The molecule has 98 valence electrons. The lowest BCUT2D eigenvalue weighted by Crippen LogP contribution is -2.41. The average molecular weight is 266 g/mol. The molecule has 0 aromatic heterocycles. The molecule has 0 saturated carbocycles. The number of benzene rings is 1. The summed E-state index contributed by atoms with van der Waals surface area (Å²) in [5, 5.41) is 0.597. The summed E-state index contributed by atoms with van der Waals surface area (Å²) in [5.74, 6) is 0.0227. The maximum atomic E-state index is 11.3. The third-order valence-electron chi connectivity index (χ3n) is 2.77. The molecule has 0 aliphatic carbocycles. The van der Waals surface area contributed by atoms with Crippen molar-refractivity contribution in [3.05, 3.63) is 41.4 Å². The molecule has 18 heavy (non-hydrogen) atoms. The summed E-state index contributed by atoms with van der Waals surface area (Å²) in [7, 11) is 0. The molecule has 0 bridgehead atoms. The van der Waals surface area contributed by atoms with Crippen LogP contribution in [0, 0.1) is 0 Å². The van der Waals surface area contributed by atoms with E-state index in [1.165, 1.54) is 6.92 Å². The Kier molecular flexibility index (Phi) is 4.58. The molecular formula is C15H20ClNO. The number of nitrogens with zero attached hydrogens (tertiary/aromatic N) is 1. The van der Waals surface area contributed by atoms with Crippen molar-refractivity contribution in [2.24, 2.45) is 0 Å². The Morgan fingerprint density at radius 3 is 2.44 bits per heavy atom. The van der Waals surface area contributed by atoms with Crippen LogP contribution in [0.4, 0.5) is 5.69 Å². The standard InChI is InChI=1S/C15H20ClNO/c1-6-9-17(15(3,4)5)14-8-7-12(11(2)18)10-13(14)16/h6-8,10H,1,9H2,2-5H3. The number of ketones is 1. The van der Waals surface area contributed by atoms with Crippen molar-refractivity contribution in [1.82, 2.24) is 0 Å². The van der Waals surface area contributed by atoms with E-state index in [9.17, 15) is 4.79 Å². The number of halogens is 1. The van der Waals surface area contributed by atoms with Crippen molar-refractivity contribution in [3.8, 4) is 0 Å². The quantitative estimate of drug-likeness (QED) is 0.596. The van der Waals surface area contributed by atoms with Gasteiger partial charge >= 0.3 is 0 Å². The zero-order valence-corrected chi connectivity index (χ0v) is 12.2. The molecule has 0 heterocycles. The van der Waals surface area contributed by atoms with Crippen LogP contribution in [0.25, 0.3) is 0 Å². The SMILES string of the molecule is C=CCN(c1ccc(C(C)=O)cc1Cl)C(C)(C)C. The van der Waals surface area contributed by atoms with E-state index in [4.69, 9.17) is 11.6 Å². The molecular weight excluding hydrogens is 246 g/mol. The monoisotopic (exact) mass is 265 g/mol. The molecule has 0 N–H and O–H groups in total. The van der Waals surface area contributed by atoms with Crippen LogP contribution in [-0.2, 0) is 0 Å². The Balaban J connectivity index is 3.22. The number of carbonyl (C=O) groups excluding carboxylic acids is 1. The van der Waals surface area contributed by atoms with E-state index in [0.29, 0.717) is 17.1 Å². The summed E-state index contributed by atoms with van der Waals surface area (Å²) in [6, 6.07) is 5.43. The lowest BCUT2D eigenvalue weighted by molar-refractivity contribution is 0.101. The van der Waals surface area contributed by atoms with Crippen LogP contribution < -0.4 is 4.90 Å². The van der Waals surface area contributed by atoms with Gasteiger partial charge < -0.3 is 4.90 Å². The fourth-order valence-corrected chi connectivity index (χ4v) is 2.09. The maximum Gasteiger partial charge on any atom is 0.159 e. The van der Waals surface area contributed by atoms with Gasteiger partial charge in [-0.2, -0.15) is 0 Å². The molecule has 1 aromatic carbocycles. The second-order valence-corrected chi connectivity index (χ2v) is 5.70. The highest BCUT2D eigenvalue weighted by Gasteiger charge is 2.22. The van der Waals surface area contributed by atoms with E-state index < -0.39 is 0 Å². The Bertz CT molecular complexity index is 460. The smallest absolute Gasteiger partial charge is 0.159 e. The van der Waals surface area contributed by atoms with E-state index in [0.717, 1.165) is 5.69 Å². The topological polar surface area (TPSA) is 20.3 Å². The van der Waals surface area contributed by atoms with Gasteiger partial charge in [-0.3, -0.25) is 4.79 Å². The number of carbonyl (C=O) groups is 1. The van der Waals surface area contributed by atoms with Crippen molar-refractivity contribution in [3.63, 3.8) is 0 Å². The minimum atomic E-state index is -0.0600. The van der Waals surface area contributed by atoms with E-state index in [1.807, 2.05) is 18.2 Å². The summed E-state index contributed by atoms with van der Waals surface area (Å²) in [4.78, 5) is 13.5. The largest absolute Gasteiger partial charge is 0.362 e. The summed E-state index contributed by atoms with van der Waals surface area (Å²) >= 11 is 6.28. The predicted molar refractivity (Wildman–Crippen MR) is 78.8 cm³/mol. The highest BCUT2D eigenvalue weighted by molar-refractivity contribution is 6.33.